The second kappa shape index (κ2) is 6.50. The maximum atomic E-state index is 12.4. The summed E-state index contributed by atoms with van der Waals surface area (Å²) < 4.78 is 26.5. The van der Waals surface area contributed by atoms with E-state index in [1.807, 2.05) is 37.3 Å². The standard InChI is InChI=1S/C14H22N2O2S/c1-2-3-11-19(17,18)16-10-9-15-12-14(16)13-7-5-4-6-8-13/h4-8,14-15H,2-3,9-12H2,1H3. The normalized spacial score (nSPS) is 21.4. The zero-order valence-electron chi connectivity index (χ0n) is 11.4. The van der Waals surface area contributed by atoms with E-state index in [2.05, 4.69) is 5.32 Å². The quantitative estimate of drug-likeness (QED) is 0.895. The lowest BCUT2D eigenvalue weighted by atomic mass is 10.1. The molecule has 19 heavy (non-hydrogen) atoms. The second-order valence-electron chi connectivity index (χ2n) is 4.91. The summed E-state index contributed by atoms with van der Waals surface area (Å²) in [6.45, 7) is 4.00. The molecular weight excluding hydrogens is 260 g/mol. The minimum Gasteiger partial charge on any atom is -0.313 e. The molecule has 5 heteroatoms. The lowest BCUT2D eigenvalue weighted by Crippen LogP contribution is -2.49. The first-order valence-corrected chi connectivity index (χ1v) is 8.51. The summed E-state index contributed by atoms with van der Waals surface area (Å²) in [5, 5.41) is 3.29. The molecule has 0 aliphatic carbocycles. The molecular formula is C14H22N2O2S. The van der Waals surface area contributed by atoms with Crippen LogP contribution in [0.5, 0.6) is 0 Å². The smallest absolute Gasteiger partial charge is 0.214 e. The van der Waals surface area contributed by atoms with Crippen molar-refractivity contribution in [3.8, 4) is 0 Å². The molecule has 0 aromatic heterocycles. The van der Waals surface area contributed by atoms with Crippen molar-refractivity contribution in [2.24, 2.45) is 0 Å². The molecule has 1 N–H and O–H groups in total. The monoisotopic (exact) mass is 282 g/mol. The first kappa shape index (κ1) is 14.5. The summed E-state index contributed by atoms with van der Waals surface area (Å²) in [6, 6.07) is 9.80. The zero-order valence-corrected chi connectivity index (χ0v) is 12.2. The molecule has 1 heterocycles. The van der Waals surface area contributed by atoms with Crippen LogP contribution in [0, 0.1) is 0 Å². The molecule has 1 fully saturated rings. The Bertz CT molecular complexity index is 487. The Morgan fingerprint density at radius 2 is 2.05 bits per heavy atom. The van der Waals surface area contributed by atoms with Gasteiger partial charge in [-0.3, -0.25) is 0 Å². The van der Waals surface area contributed by atoms with Crippen molar-refractivity contribution in [2.45, 2.75) is 25.8 Å². The summed E-state index contributed by atoms with van der Waals surface area (Å²) in [5.74, 6) is 0.257. The number of sulfonamides is 1. The van der Waals surface area contributed by atoms with Crippen molar-refractivity contribution in [3.05, 3.63) is 35.9 Å². The maximum Gasteiger partial charge on any atom is 0.214 e. The maximum absolute atomic E-state index is 12.4. The van der Waals surface area contributed by atoms with Crippen LogP contribution in [-0.4, -0.2) is 38.1 Å². The Morgan fingerprint density at radius 3 is 2.74 bits per heavy atom. The first-order chi connectivity index (χ1) is 9.15. The lowest BCUT2D eigenvalue weighted by Gasteiger charge is -2.35. The summed E-state index contributed by atoms with van der Waals surface area (Å²) in [4.78, 5) is 0. The fourth-order valence-electron chi connectivity index (χ4n) is 2.42. The van der Waals surface area contributed by atoms with Crippen LogP contribution in [-0.2, 0) is 10.0 Å². The van der Waals surface area contributed by atoms with Gasteiger partial charge in [0.1, 0.15) is 0 Å². The molecule has 1 atom stereocenters. The summed E-state index contributed by atoms with van der Waals surface area (Å²) in [7, 11) is -3.15. The topological polar surface area (TPSA) is 49.4 Å². The lowest BCUT2D eigenvalue weighted by molar-refractivity contribution is 0.271. The largest absolute Gasteiger partial charge is 0.313 e. The minimum atomic E-state index is -3.15. The predicted molar refractivity (Wildman–Crippen MR) is 77.5 cm³/mol. The van der Waals surface area contributed by atoms with Crippen molar-refractivity contribution >= 4 is 10.0 Å². The van der Waals surface area contributed by atoms with Gasteiger partial charge in [0.2, 0.25) is 10.0 Å². The Hall–Kier alpha value is -0.910. The van der Waals surface area contributed by atoms with Crippen molar-refractivity contribution < 1.29 is 8.42 Å². The third-order valence-corrected chi connectivity index (χ3v) is 5.45. The summed E-state index contributed by atoms with van der Waals surface area (Å²) in [6.07, 6.45) is 1.63. The van der Waals surface area contributed by atoms with E-state index in [0.29, 0.717) is 13.1 Å². The van der Waals surface area contributed by atoms with Crippen LogP contribution in [0.25, 0.3) is 0 Å². The zero-order chi connectivity index (χ0) is 13.7. The first-order valence-electron chi connectivity index (χ1n) is 6.90. The molecule has 106 valence electrons. The van der Waals surface area contributed by atoms with Gasteiger partial charge in [-0.25, -0.2) is 8.42 Å². The highest BCUT2D eigenvalue weighted by Gasteiger charge is 2.32. The van der Waals surface area contributed by atoms with Gasteiger partial charge in [0.15, 0.2) is 0 Å². The van der Waals surface area contributed by atoms with E-state index >= 15 is 0 Å². The average Bonchev–Trinajstić information content (AvgIpc) is 2.46. The van der Waals surface area contributed by atoms with Crippen LogP contribution in [0.4, 0.5) is 0 Å². The molecule has 0 bridgehead atoms. The summed E-state index contributed by atoms with van der Waals surface area (Å²) in [5.41, 5.74) is 1.06. The van der Waals surface area contributed by atoms with E-state index in [4.69, 9.17) is 0 Å². The third-order valence-electron chi connectivity index (χ3n) is 3.49. The molecule has 0 spiro atoms. The minimum absolute atomic E-state index is 0.0724. The number of unbranched alkanes of at least 4 members (excludes halogenated alkanes) is 1. The molecule has 1 aromatic rings. The van der Waals surface area contributed by atoms with E-state index in [9.17, 15) is 8.42 Å². The molecule has 2 rings (SSSR count). The van der Waals surface area contributed by atoms with E-state index in [0.717, 1.165) is 24.9 Å². The fourth-order valence-corrected chi connectivity index (χ4v) is 4.26. The van der Waals surface area contributed by atoms with Crippen molar-refractivity contribution in [1.82, 2.24) is 9.62 Å². The number of hydrogen-bond donors (Lipinski definition) is 1. The van der Waals surface area contributed by atoms with Crippen molar-refractivity contribution in [1.29, 1.82) is 0 Å². The fraction of sp³-hybridized carbons (Fsp3) is 0.571. The summed E-state index contributed by atoms with van der Waals surface area (Å²) >= 11 is 0. The Morgan fingerprint density at radius 1 is 1.32 bits per heavy atom. The van der Waals surface area contributed by atoms with Crippen LogP contribution in [0.3, 0.4) is 0 Å². The van der Waals surface area contributed by atoms with E-state index in [-0.39, 0.29) is 11.8 Å². The highest BCUT2D eigenvalue weighted by atomic mass is 32.2. The highest BCUT2D eigenvalue weighted by Crippen LogP contribution is 2.25. The predicted octanol–water partition coefficient (Wildman–Crippen LogP) is 1.76. The van der Waals surface area contributed by atoms with Crippen molar-refractivity contribution in [3.63, 3.8) is 0 Å². The number of hydrogen-bond acceptors (Lipinski definition) is 3. The average molecular weight is 282 g/mol. The molecule has 0 radical (unpaired) electrons. The molecule has 1 unspecified atom stereocenters. The van der Waals surface area contributed by atoms with Gasteiger partial charge in [0.25, 0.3) is 0 Å². The van der Waals surface area contributed by atoms with Gasteiger partial charge >= 0.3 is 0 Å². The number of benzene rings is 1. The SMILES string of the molecule is CCCCS(=O)(=O)N1CCNCC1c1ccccc1. The van der Waals surface area contributed by atoms with Gasteiger partial charge in [-0.2, -0.15) is 4.31 Å². The van der Waals surface area contributed by atoms with Gasteiger partial charge < -0.3 is 5.32 Å². The highest BCUT2D eigenvalue weighted by molar-refractivity contribution is 7.89. The molecule has 1 aliphatic heterocycles. The van der Waals surface area contributed by atoms with Crippen LogP contribution in [0.1, 0.15) is 31.4 Å². The molecule has 1 aromatic carbocycles. The molecule has 4 nitrogen and oxygen atoms in total. The number of piperazine rings is 1. The van der Waals surface area contributed by atoms with Gasteiger partial charge in [-0.05, 0) is 12.0 Å². The van der Waals surface area contributed by atoms with Gasteiger partial charge in [0, 0.05) is 19.6 Å². The molecule has 0 saturated carbocycles. The Kier molecular flexibility index (Phi) is 4.96. The van der Waals surface area contributed by atoms with Gasteiger partial charge in [-0.15, -0.1) is 0 Å². The number of nitrogens with one attached hydrogen (secondary N) is 1. The Labute approximate surface area is 115 Å². The van der Waals surface area contributed by atoms with Crippen molar-refractivity contribution in [2.75, 3.05) is 25.4 Å². The number of rotatable bonds is 5. The Balaban J connectivity index is 2.21. The van der Waals surface area contributed by atoms with Gasteiger partial charge in [-0.1, -0.05) is 43.7 Å². The van der Waals surface area contributed by atoms with Crippen LogP contribution >= 0.6 is 0 Å². The van der Waals surface area contributed by atoms with Crippen LogP contribution in [0.2, 0.25) is 0 Å². The molecule has 1 aliphatic rings. The number of nitrogens with zero attached hydrogens (tertiary/aromatic N) is 1. The van der Waals surface area contributed by atoms with Crippen LogP contribution < -0.4 is 5.32 Å². The van der Waals surface area contributed by atoms with E-state index in [1.165, 1.54) is 0 Å². The molecule has 1 saturated heterocycles. The third kappa shape index (κ3) is 3.55. The molecule has 0 amide bonds. The van der Waals surface area contributed by atoms with Gasteiger partial charge in [0.05, 0.1) is 11.8 Å². The second-order valence-corrected chi connectivity index (χ2v) is 6.95. The van der Waals surface area contributed by atoms with E-state index in [1.54, 1.807) is 4.31 Å². The van der Waals surface area contributed by atoms with Crippen LogP contribution in [0.15, 0.2) is 30.3 Å². The van der Waals surface area contributed by atoms with E-state index < -0.39 is 10.0 Å².